The van der Waals surface area contributed by atoms with Crippen LogP contribution in [0.1, 0.15) is 6.42 Å². The van der Waals surface area contributed by atoms with Gasteiger partial charge in [-0.25, -0.2) is 9.59 Å². The lowest BCUT2D eigenvalue weighted by atomic mass is 10.3. The van der Waals surface area contributed by atoms with Gasteiger partial charge in [0.2, 0.25) is 0 Å². The van der Waals surface area contributed by atoms with Gasteiger partial charge >= 0.3 is 11.9 Å². The van der Waals surface area contributed by atoms with E-state index in [1.165, 1.54) is 7.11 Å². The summed E-state index contributed by atoms with van der Waals surface area (Å²) in [5.41, 5.74) is 0. The van der Waals surface area contributed by atoms with Crippen molar-refractivity contribution in [2.24, 2.45) is 0 Å². The van der Waals surface area contributed by atoms with Crippen LogP contribution in [0.3, 0.4) is 0 Å². The highest BCUT2D eigenvalue weighted by atomic mass is 16.5. The first-order chi connectivity index (χ1) is 9.08. The van der Waals surface area contributed by atoms with Gasteiger partial charge in [0.15, 0.2) is 6.10 Å². The van der Waals surface area contributed by atoms with Crippen molar-refractivity contribution in [3.8, 4) is 0 Å². The van der Waals surface area contributed by atoms with Crippen molar-refractivity contribution in [1.82, 2.24) is 4.90 Å². The Morgan fingerprint density at radius 1 is 1.32 bits per heavy atom. The van der Waals surface area contributed by atoms with Crippen LogP contribution in [-0.2, 0) is 28.6 Å². The molecule has 7 heteroatoms. The number of carbonyl (C=O) groups excluding carboxylic acids is 3. The second kappa shape index (κ2) is 7.52. The minimum absolute atomic E-state index is 0.239. The Kier molecular flexibility index (Phi) is 6.01. The third kappa shape index (κ3) is 4.70. The molecule has 1 atom stereocenters. The molecule has 19 heavy (non-hydrogen) atoms. The topological polar surface area (TPSA) is 82.1 Å². The summed E-state index contributed by atoms with van der Waals surface area (Å²) in [6, 6.07) is 0. The second-order valence-corrected chi connectivity index (χ2v) is 3.89. The van der Waals surface area contributed by atoms with E-state index in [-0.39, 0.29) is 5.91 Å². The Labute approximate surface area is 111 Å². The molecule has 1 heterocycles. The molecular formula is C12H17NO6. The highest BCUT2D eigenvalue weighted by molar-refractivity contribution is 5.93. The van der Waals surface area contributed by atoms with Crippen molar-refractivity contribution >= 4 is 17.8 Å². The molecule has 1 saturated heterocycles. The Morgan fingerprint density at radius 2 is 2.00 bits per heavy atom. The highest BCUT2D eigenvalue weighted by Crippen LogP contribution is 2.14. The minimum atomic E-state index is -0.786. The molecule has 1 aliphatic rings. The molecule has 0 spiro atoms. The molecule has 0 aromatic heterocycles. The lowest BCUT2D eigenvalue weighted by Crippen LogP contribution is -2.33. The molecule has 106 valence electrons. The van der Waals surface area contributed by atoms with Crippen molar-refractivity contribution in [1.29, 1.82) is 0 Å². The molecule has 0 saturated carbocycles. The number of hydrogen-bond donors (Lipinski definition) is 0. The van der Waals surface area contributed by atoms with Gasteiger partial charge in [0, 0.05) is 38.8 Å². The van der Waals surface area contributed by atoms with E-state index < -0.39 is 18.0 Å². The number of carbonyl (C=O) groups is 3. The smallest absolute Gasteiger partial charge is 0.331 e. The van der Waals surface area contributed by atoms with E-state index in [1.807, 2.05) is 0 Å². The summed E-state index contributed by atoms with van der Waals surface area (Å²) < 4.78 is 14.2. The normalized spacial score (nSPS) is 18.9. The van der Waals surface area contributed by atoms with Crippen LogP contribution in [0.5, 0.6) is 0 Å². The van der Waals surface area contributed by atoms with Crippen molar-refractivity contribution in [3.05, 3.63) is 12.2 Å². The van der Waals surface area contributed by atoms with Crippen LogP contribution < -0.4 is 0 Å². The summed E-state index contributed by atoms with van der Waals surface area (Å²) in [5.74, 6) is -1.63. The van der Waals surface area contributed by atoms with Gasteiger partial charge in [0.25, 0.3) is 5.91 Å². The Balaban J connectivity index is 2.42. The quantitative estimate of drug-likeness (QED) is 0.479. The Bertz CT molecular complexity index is 378. The molecule has 0 radical (unpaired) electrons. The maximum atomic E-state index is 11.8. The van der Waals surface area contributed by atoms with Gasteiger partial charge in [0.1, 0.15) is 0 Å². The number of hydrogen-bond acceptors (Lipinski definition) is 6. The number of nitrogens with zero attached hydrogens (tertiary/aromatic N) is 1. The number of ether oxygens (including phenoxy) is 3. The van der Waals surface area contributed by atoms with Gasteiger partial charge < -0.3 is 19.1 Å². The molecule has 0 aliphatic carbocycles. The van der Waals surface area contributed by atoms with E-state index in [4.69, 9.17) is 9.47 Å². The average Bonchev–Trinajstić information content (AvgIpc) is 2.75. The van der Waals surface area contributed by atoms with Crippen LogP contribution in [0.25, 0.3) is 0 Å². The third-order valence-corrected chi connectivity index (χ3v) is 2.63. The van der Waals surface area contributed by atoms with Gasteiger partial charge in [0.05, 0.1) is 13.7 Å². The second-order valence-electron chi connectivity index (χ2n) is 3.89. The van der Waals surface area contributed by atoms with Crippen LogP contribution >= 0.6 is 0 Å². The first kappa shape index (κ1) is 15.2. The van der Waals surface area contributed by atoms with Gasteiger partial charge in [-0.1, -0.05) is 0 Å². The van der Waals surface area contributed by atoms with E-state index in [1.54, 1.807) is 12.0 Å². The van der Waals surface area contributed by atoms with E-state index >= 15 is 0 Å². The first-order valence-electron chi connectivity index (χ1n) is 5.83. The number of rotatable bonds is 6. The van der Waals surface area contributed by atoms with Crippen molar-refractivity contribution in [3.63, 3.8) is 0 Å². The molecule has 0 N–H and O–H groups in total. The summed E-state index contributed by atoms with van der Waals surface area (Å²) in [5, 5.41) is 0. The molecule has 1 unspecified atom stereocenters. The summed E-state index contributed by atoms with van der Waals surface area (Å²) in [6.07, 6.45) is 1.55. The molecule has 0 aromatic rings. The fraction of sp³-hybridized carbons (Fsp3) is 0.583. The molecule has 1 fully saturated rings. The molecule has 0 aromatic carbocycles. The van der Waals surface area contributed by atoms with Crippen molar-refractivity contribution in [2.75, 3.05) is 33.9 Å². The lowest BCUT2D eigenvalue weighted by Gasteiger charge is -2.15. The molecule has 1 rings (SSSR count). The fourth-order valence-corrected chi connectivity index (χ4v) is 1.63. The maximum absolute atomic E-state index is 11.8. The zero-order valence-corrected chi connectivity index (χ0v) is 11.0. The van der Waals surface area contributed by atoms with E-state index in [9.17, 15) is 14.4 Å². The van der Waals surface area contributed by atoms with Crippen LogP contribution in [0, 0.1) is 0 Å². The first-order valence-corrected chi connectivity index (χ1v) is 5.83. The lowest BCUT2D eigenvalue weighted by molar-refractivity contribution is -0.152. The highest BCUT2D eigenvalue weighted by Gasteiger charge is 2.33. The molecule has 1 aliphatic heterocycles. The number of esters is 2. The Morgan fingerprint density at radius 3 is 2.63 bits per heavy atom. The predicted molar refractivity (Wildman–Crippen MR) is 64.1 cm³/mol. The summed E-state index contributed by atoms with van der Waals surface area (Å²) in [7, 11) is 2.75. The standard InChI is InChI=1S/C12H17NO6/c1-17-8-7-13-6-5-9(12(13)16)19-11(15)4-3-10(14)18-2/h3-4,9H,5-8H2,1-2H3/b4-3+. The third-order valence-electron chi connectivity index (χ3n) is 2.63. The number of likely N-dealkylation sites (tertiary alicyclic amines) is 1. The van der Waals surface area contributed by atoms with E-state index in [0.717, 1.165) is 12.2 Å². The minimum Gasteiger partial charge on any atom is -0.466 e. The van der Waals surface area contributed by atoms with Gasteiger partial charge in [-0.3, -0.25) is 4.79 Å². The zero-order valence-electron chi connectivity index (χ0n) is 11.0. The number of amides is 1. The largest absolute Gasteiger partial charge is 0.466 e. The summed E-state index contributed by atoms with van der Waals surface area (Å²) >= 11 is 0. The monoisotopic (exact) mass is 271 g/mol. The van der Waals surface area contributed by atoms with Crippen molar-refractivity contribution in [2.45, 2.75) is 12.5 Å². The van der Waals surface area contributed by atoms with Gasteiger partial charge in [-0.15, -0.1) is 0 Å². The molecule has 0 bridgehead atoms. The van der Waals surface area contributed by atoms with Crippen molar-refractivity contribution < 1.29 is 28.6 Å². The van der Waals surface area contributed by atoms with Crippen LogP contribution in [0.4, 0.5) is 0 Å². The summed E-state index contributed by atoms with van der Waals surface area (Å²) in [6.45, 7) is 1.44. The van der Waals surface area contributed by atoms with Crippen LogP contribution in [0.2, 0.25) is 0 Å². The van der Waals surface area contributed by atoms with E-state index in [2.05, 4.69) is 4.74 Å². The zero-order chi connectivity index (χ0) is 14.3. The SMILES string of the molecule is COCCN1CCC(OC(=O)/C=C/C(=O)OC)C1=O. The van der Waals surface area contributed by atoms with Crippen LogP contribution in [-0.4, -0.2) is 62.8 Å². The molecule has 7 nitrogen and oxygen atoms in total. The van der Waals surface area contributed by atoms with Gasteiger partial charge in [-0.05, 0) is 0 Å². The average molecular weight is 271 g/mol. The summed E-state index contributed by atoms with van der Waals surface area (Å²) in [4.78, 5) is 35.5. The van der Waals surface area contributed by atoms with Crippen LogP contribution in [0.15, 0.2) is 12.2 Å². The Hall–Kier alpha value is -1.89. The van der Waals surface area contributed by atoms with E-state index in [0.29, 0.717) is 26.1 Å². The van der Waals surface area contributed by atoms with Gasteiger partial charge in [-0.2, -0.15) is 0 Å². The fourth-order valence-electron chi connectivity index (χ4n) is 1.63. The number of methoxy groups -OCH3 is 2. The predicted octanol–water partition coefficient (Wildman–Crippen LogP) is -0.494. The maximum Gasteiger partial charge on any atom is 0.331 e. The molecule has 1 amide bonds. The molecular weight excluding hydrogens is 254 g/mol.